The number of rotatable bonds is 2. The first-order valence-electron chi connectivity index (χ1n) is 5.30. The molecule has 0 aliphatic rings. The van der Waals surface area contributed by atoms with Crippen molar-refractivity contribution in [3.8, 4) is 17.0 Å². The quantitative estimate of drug-likeness (QED) is 0.671. The average Bonchev–Trinajstić information content (AvgIpc) is 2.92. The molecule has 0 saturated carbocycles. The number of ether oxygens (including phenoxy) is 1. The lowest BCUT2D eigenvalue weighted by Crippen LogP contribution is -1.87. The van der Waals surface area contributed by atoms with E-state index in [1.165, 1.54) is 0 Å². The van der Waals surface area contributed by atoms with E-state index >= 15 is 0 Å². The highest BCUT2D eigenvalue weighted by Crippen LogP contribution is 2.22. The van der Waals surface area contributed by atoms with Gasteiger partial charge in [0, 0.05) is 18.7 Å². The van der Waals surface area contributed by atoms with Gasteiger partial charge in [0.15, 0.2) is 5.65 Å². The fraction of sp³-hybridized carbons (Fsp3) is 0.167. The highest BCUT2D eigenvalue weighted by atomic mass is 16.5. The number of nitrogens with zero attached hydrogens (tertiary/aromatic N) is 4. The van der Waals surface area contributed by atoms with Crippen molar-refractivity contribution in [2.45, 2.75) is 0 Å². The number of methoxy groups -OCH3 is 1. The summed E-state index contributed by atoms with van der Waals surface area (Å²) in [6.45, 7) is 0. The summed E-state index contributed by atoms with van der Waals surface area (Å²) < 4.78 is 8.68. The van der Waals surface area contributed by atoms with E-state index < -0.39 is 0 Å². The van der Waals surface area contributed by atoms with Crippen molar-refractivity contribution in [3.63, 3.8) is 0 Å². The molecule has 5 nitrogen and oxygen atoms in total. The van der Waals surface area contributed by atoms with Crippen LogP contribution < -0.4 is 4.74 Å². The summed E-state index contributed by atoms with van der Waals surface area (Å²) in [7, 11) is 3.56. The summed E-state index contributed by atoms with van der Waals surface area (Å²) in [4.78, 5) is 0. The molecule has 3 rings (SSSR count). The number of hydrogen-bond donors (Lipinski definition) is 0. The largest absolute Gasteiger partial charge is 0.497 e. The zero-order chi connectivity index (χ0) is 11.8. The number of fused-ring (bicyclic) bond motifs is 1. The summed E-state index contributed by atoms with van der Waals surface area (Å²) >= 11 is 0. The van der Waals surface area contributed by atoms with Gasteiger partial charge in [0.2, 0.25) is 0 Å². The maximum atomic E-state index is 5.13. The molecule has 5 heteroatoms. The lowest BCUT2D eigenvalue weighted by Gasteiger charge is -2.00. The number of aromatic nitrogens is 4. The molecule has 0 unspecified atom stereocenters. The lowest BCUT2D eigenvalue weighted by molar-refractivity contribution is 0.415. The van der Waals surface area contributed by atoms with Crippen molar-refractivity contribution in [3.05, 3.63) is 36.7 Å². The van der Waals surface area contributed by atoms with Crippen LogP contribution >= 0.6 is 0 Å². The van der Waals surface area contributed by atoms with Gasteiger partial charge in [-0.05, 0) is 24.3 Å². The Balaban J connectivity index is 2.07. The molecule has 2 aromatic heterocycles. The third-order valence-electron chi connectivity index (χ3n) is 2.77. The summed E-state index contributed by atoms with van der Waals surface area (Å²) in [5.74, 6) is 0.846. The van der Waals surface area contributed by atoms with Crippen LogP contribution in [-0.2, 0) is 7.05 Å². The second-order valence-corrected chi connectivity index (χ2v) is 3.82. The second kappa shape index (κ2) is 3.62. The molecular weight excluding hydrogens is 216 g/mol. The fourth-order valence-electron chi connectivity index (χ4n) is 1.80. The fourth-order valence-corrected chi connectivity index (χ4v) is 1.80. The predicted molar refractivity (Wildman–Crippen MR) is 63.9 cm³/mol. The minimum absolute atomic E-state index is 0.846. The van der Waals surface area contributed by atoms with Gasteiger partial charge in [0.1, 0.15) is 12.1 Å². The minimum Gasteiger partial charge on any atom is -0.497 e. The summed E-state index contributed by atoms with van der Waals surface area (Å²) in [6.07, 6.45) is 1.70. The van der Waals surface area contributed by atoms with Gasteiger partial charge in [-0.25, -0.2) is 9.20 Å². The van der Waals surface area contributed by atoms with Gasteiger partial charge in [-0.2, -0.15) is 10.2 Å². The van der Waals surface area contributed by atoms with Crippen LogP contribution in [0.15, 0.2) is 36.7 Å². The summed E-state index contributed by atoms with van der Waals surface area (Å²) in [5, 5.41) is 8.57. The van der Waals surface area contributed by atoms with Crippen LogP contribution in [0.4, 0.5) is 0 Å². The normalized spacial score (nSPS) is 10.9. The topological polar surface area (TPSA) is 44.4 Å². The lowest BCUT2D eigenvalue weighted by atomic mass is 10.1. The van der Waals surface area contributed by atoms with Crippen LogP contribution in [0.5, 0.6) is 5.75 Å². The molecule has 0 fully saturated rings. The molecule has 0 atom stereocenters. The summed E-state index contributed by atoms with van der Waals surface area (Å²) in [6, 6.07) is 9.85. The van der Waals surface area contributed by atoms with Gasteiger partial charge in [0.05, 0.1) is 12.8 Å². The van der Waals surface area contributed by atoms with Gasteiger partial charge < -0.3 is 4.74 Å². The van der Waals surface area contributed by atoms with Crippen LogP contribution in [0.1, 0.15) is 0 Å². The van der Waals surface area contributed by atoms with Gasteiger partial charge in [-0.1, -0.05) is 0 Å². The predicted octanol–water partition coefficient (Wildman–Crippen LogP) is 1.74. The van der Waals surface area contributed by atoms with Gasteiger partial charge >= 0.3 is 0 Å². The molecule has 0 bridgehead atoms. The van der Waals surface area contributed by atoms with Gasteiger partial charge in [-0.3, -0.25) is 0 Å². The van der Waals surface area contributed by atoms with E-state index in [9.17, 15) is 0 Å². The molecule has 0 saturated heterocycles. The van der Waals surface area contributed by atoms with Crippen LogP contribution in [0, 0.1) is 0 Å². The Bertz CT molecular complexity index is 651. The van der Waals surface area contributed by atoms with Crippen molar-refractivity contribution in [1.29, 1.82) is 0 Å². The SMILES string of the molecule is COc1ccc(-c2cc3n(C)ncn3n2)cc1. The maximum absolute atomic E-state index is 5.13. The first-order valence-corrected chi connectivity index (χ1v) is 5.30. The molecule has 1 aromatic carbocycles. The Hall–Kier alpha value is -2.30. The van der Waals surface area contributed by atoms with Gasteiger partial charge in [-0.15, -0.1) is 0 Å². The molecule has 0 aliphatic heterocycles. The molecule has 2 heterocycles. The Kier molecular flexibility index (Phi) is 2.11. The van der Waals surface area contributed by atoms with Crippen molar-refractivity contribution in [2.75, 3.05) is 7.11 Å². The maximum Gasteiger partial charge on any atom is 0.154 e. The number of aryl methyl sites for hydroxylation is 1. The van der Waals surface area contributed by atoms with E-state index in [4.69, 9.17) is 4.74 Å². The third kappa shape index (κ3) is 1.56. The molecule has 17 heavy (non-hydrogen) atoms. The number of benzene rings is 1. The Morgan fingerprint density at radius 3 is 2.59 bits per heavy atom. The van der Waals surface area contributed by atoms with E-state index in [2.05, 4.69) is 10.2 Å². The van der Waals surface area contributed by atoms with Crippen LogP contribution in [0.25, 0.3) is 16.9 Å². The van der Waals surface area contributed by atoms with Crippen molar-refractivity contribution >= 4 is 5.65 Å². The highest BCUT2D eigenvalue weighted by Gasteiger charge is 2.07. The average molecular weight is 228 g/mol. The van der Waals surface area contributed by atoms with E-state index in [0.29, 0.717) is 0 Å². The zero-order valence-corrected chi connectivity index (χ0v) is 9.66. The molecule has 0 radical (unpaired) electrons. The first kappa shape index (κ1) is 9.89. The monoisotopic (exact) mass is 228 g/mol. The molecule has 86 valence electrons. The zero-order valence-electron chi connectivity index (χ0n) is 9.66. The van der Waals surface area contributed by atoms with Crippen molar-refractivity contribution in [2.24, 2.45) is 7.05 Å². The molecule has 0 N–H and O–H groups in total. The Morgan fingerprint density at radius 2 is 1.94 bits per heavy atom. The van der Waals surface area contributed by atoms with Crippen LogP contribution in [0.2, 0.25) is 0 Å². The van der Waals surface area contributed by atoms with Gasteiger partial charge in [0.25, 0.3) is 0 Å². The second-order valence-electron chi connectivity index (χ2n) is 3.82. The van der Waals surface area contributed by atoms with E-state index in [-0.39, 0.29) is 0 Å². The molecule has 0 aliphatic carbocycles. The number of hydrogen-bond acceptors (Lipinski definition) is 3. The smallest absolute Gasteiger partial charge is 0.154 e. The summed E-state index contributed by atoms with van der Waals surface area (Å²) in [5.41, 5.74) is 2.96. The van der Waals surface area contributed by atoms with E-state index in [1.54, 1.807) is 22.6 Å². The first-order chi connectivity index (χ1) is 8.28. The Labute approximate surface area is 98.2 Å². The van der Waals surface area contributed by atoms with E-state index in [0.717, 1.165) is 22.7 Å². The molecule has 0 spiro atoms. The van der Waals surface area contributed by atoms with Crippen LogP contribution in [-0.4, -0.2) is 26.5 Å². The van der Waals surface area contributed by atoms with Crippen molar-refractivity contribution < 1.29 is 4.74 Å². The van der Waals surface area contributed by atoms with Crippen molar-refractivity contribution in [1.82, 2.24) is 19.4 Å². The minimum atomic E-state index is 0.846. The highest BCUT2D eigenvalue weighted by molar-refractivity contribution is 5.64. The third-order valence-corrected chi connectivity index (χ3v) is 2.77. The molecular formula is C12H12N4O. The van der Waals surface area contributed by atoms with E-state index in [1.807, 2.05) is 37.4 Å². The molecule has 0 amide bonds. The standard InChI is InChI=1S/C12H12N4O/c1-15-12-7-11(14-16(12)8-13-15)9-3-5-10(17-2)6-4-9/h3-8H,1-2H3. The molecule has 3 aromatic rings. The van der Waals surface area contributed by atoms with Crippen LogP contribution in [0.3, 0.4) is 0 Å². The Morgan fingerprint density at radius 1 is 1.18 bits per heavy atom.